The van der Waals surface area contributed by atoms with Crippen LogP contribution < -0.4 is 10.6 Å². The zero-order chi connectivity index (χ0) is 12.3. The van der Waals surface area contributed by atoms with Gasteiger partial charge in [-0.1, -0.05) is 6.92 Å². The summed E-state index contributed by atoms with van der Waals surface area (Å²) >= 11 is 0. The number of aromatic nitrogens is 3. The van der Waals surface area contributed by atoms with Crippen LogP contribution in [0.1, 0.15) is 6.92 Å². The first-order valence-electron chi connectivity index (χ1n) is 5.68. The van der Waals surface area contributed by atoms with Gasteiger partial charge >= 0.3 is 0 Å². The number of aryl methyl sites for hydroxylation is 1. The first-order chi connectivity index (χ1) is 8.22. The van der Waals surface area contributed by atoms with E-state index in [4.69, 9.17) is 4.74 Å². The van der Waals surface area contributed by atoms with Gasteiger partial charge in [0.05, 0.1) is 19.1 Å². The molecule has 2 atom stereocenters. The summed E-state index contributed by atoms with van der Waals surface area (Å²) in [4.78, 5) is 16.0. The Bertz CT molecular complexity index is 392. The molecule has 1 saturated heterocycles. The van der Waals surface area contributed by atoms with Gasteiger partial charge in [0.2, 0.25) is 11.9 Å². The summed E-state index contributed by atoms with van der Waals surface area (Å²) in [6, 6.07) is 0.0771. The predicted molar refractivity (Wildman–Crippen MR) is 61.4 cm³/mol. The van der Waals surface area contributed by atoms with E-state index in [2.05, 4.69) is 20.7 Å². The molecule has 1 fully saturated rings. The Balaban J connectivity index is 1.98. The Morgan fingerprint density at radius 1 is 1.65 bits per heavy atom. The van der Waals surface area contributed by atoms with E-state index in [1.807, 2.05) is 6.92 Å². The highest BCUT2D eigenvalue weighted by Gasteiger charge is 2.33. The topological polar surface area (TPSA) is 81.1 Å². The lowest BCUT2D eigenvalue weighted by molar-refractivity contribution is -0.120. The summed E-state index contributed by atoms with van der Waals surface area (Å²) in [5, 5.41) is 9.89. The average molecular weight is 239 g/mol. The summed E-state index contributed by atoms with van der Waals surface area (Å²) in [6.07, 6.45) is 1.41. The van der Waals surface area contributed by atoms with Gasteiger partial charge in [-0.2, -0.15) is 10.1 Å². The van der Waals surface area contributed by atoms with Gasteiger partial charge in [-0.3, -0.25) is 10.1 Å². The molecule has 1 aliphatic heterocycles. The molecule has 0 aliphatic carbocycles. The Kier molecular flexibility index (Phi) is 3.70. The lowest BCUT2D eigenvalue weighted by Crippen LogP contribution is -2.41. The van der Waals surface area contributed by atoms with Crippen molar-refractivity contribution in [2.75, 3.05) is 25.1 Å². The van der Waals surface area contributed by atoms with Crippen LogP contribution in [0.2, 0.25) is 0 Å². The van der Waals surface area contributed by atoms with Crippen molar-refractivity contribution in [3.05, 3.63) is 6.33 Å². The van der Waals surface area contributed by atoms with Crippen LogP contribution in [0.5, 0.6) is 0 Å². The second kappa shape index (κ2) is 5.24. The number of nitrogens with zero attached hydrogens (tertiary/aromatic N) is 3. The van der Waals surface area contributed by atoms with Gasteiger partial charge in [0.25, 0.3) is 0 Å². The molecule has 17 heavy (non-hydrogen) atoms. The van der Waals surface area contributed by atoms with Crippen LogP contribution in [0.4, 0.5) is 5.95 Å². The third-order valence-electron chi connectivity index (χ3n) is 2.83. The van der Waals surface area contributed by atoms with Crippen LogP contribution in [0.3, 0.4) is 0 Å². The molecular formula is C10H17N5O2. The molecule has 2 heterocycles. The molecule has 0 bridgehead atoms. The number of hydrogen-bond acceptors (Lipinski definition) is 5. The van der Waals surface area contributed by atoms with Crippen molar-refractivity contribution in [2.45, 2.75) is 13.0 Å². The van der Waals surface area contributed by atoms with Crippen molar-refractivity contribution in [3.63, 3.8) is 0 Å². The lowest BCUT2D eigenvalue weighted by atomic mass is 10.0. The van der Waals surface area contributed by atoms with Crippen molar-refractivity contribution in [1.82, 2.24) is 20.1 Å². The molecule has 0 aromatic carbocycles. The monoisotopic (exact) mass is 239 g/mol. The fourth-order valence-electron chi connectivity index (χ4n) is 1.89. The number of hydrogen-bond donors (Lipinski definition) is 2. The molecule has 0 spiro atoms. The van der Waals surface area contributed by atoms with Crippen LogP contribution in [0, 0.1) is 5.92 Å². The second-order valence-corrected chi connectivity index (χ2v) is 4.00. The number of carbonyl (C=O) groups is 1. The molecule has 1 aliphatic rings. The lowest BCUT2D eigenvalue weighted by Gasteiger charge is -2.17. The average Bonchev–Trinajstić information content (AvgIpc) is 2.89. The van der Waals surface area contributed by atoms with E-state index < -0.39 is 0 Å². The van der Waals surface area contributed by atoms with Gasteiger partial charge in [-0.15, -0.1) is 0 Å². The normalized spacial score (nSPS) is 23.9. The maximum absolute atomic E-state index is 12.0. The fourth-order valence-corrected chi connectivity index (χ4v) is 1.89. The highest BCUT2D eigenvalue weighted by atomic mass is 16.5. The molecule has 7 heteroatoms. The van der Waals surface area contributed by atoms with E-state index in [-0.39, 0.29) is 17.9 Å². The Morgan fingerprint density at radius 2 is 2.47 bits per heavy atom. The molecule has 94 valence electrons. The van der Waals surface area contributed by atoms with Gasteiger partial charge < -0.3 is 10.1 Å². The molecule has 1 aromatic rings. The van der Waals surface area contributed by atoms with Gasteiger partial charge in [0.15, 0.2) is 0 Å². The Labute approximate surface area is 99.5 Å². The summed E-state index contributed by atoms with van der Waals surface area (Å²) in [5.41, 5.74) is 0. The number of ether oxygens (including phenoxy) is 1. The van der Waals surface area contributed by atoms with Crippen molar-refractivity contribution < 1.29 is 9.53 Å². The molecule has 0 radical (unpaired) electrons. The van der Waals surface area contributed by atoms with Gasteiger partial charge in [-0.05, 0) is 6.54 Å². The van der Waals surface area contributed by atoms with Crippen molar-refractivity contribution in [3.8, 4) is 0 Å². The van der Waals surface area contributed by atoms with E-state index in [1.165, 1.54) is 11.0 Å². The summed E-state index contributed by atoms with van der Waals surface area (Å²) < 4.78 is 6.85. The van der Waals surface area contributed by atoms with Crippen LogP contribution >= 0.6 is 0 Å². The van der Waals surface area contributed by atoms with Gasteiger partial charge in [0.1, 0.15) is 6.33 Å². The zero-order valence-corrected chi connectivity index (χ0v) is 10.0. The largest absolute Gasteiger partial charge is 0.379 e. The SMILES string of the molecule is CCNC1COCC1C(=O)Nc1ncnn1C. The first kappa shape index (κ1) is 12.0. The van der Waals surface area contributed by atoms with E-state index in [1.54, 1.807) is 7.05 Å². The third-order valence-corrected chi connectivity index (χ3v) is 2.83. The molecule has 2 N–H and O–H groups in total. The Morgan fingerprint density at radius 3 is 3.12 bits per heavy atom. The maximum Gasteiger partial charge on any atom is 0.233 e. The van der Waals surface area contributed by atoms with E-state index in [0.29, 0.717) is 19.2 Å². The number of rotatable bonds is 4. The minimum absolute atomic E-state index is 0.0771. The number of anilines is 1. The summed E-state index contributed by atoms with van der Waals surface area (Å²) in [5.74, 6) is 0.202. The van der Waals surface area contributed by atoms with Gasteiger partial charge in [0, 0.05) is 13.1 Å². The predicted octanol–water partition coefficient (Wildman–Crippen LogP) is -0.622. The number of amides is 1. The van der Waals surface area contributed by atoms with Crippen LogP contribution in [-0.4, -0.2) is 46.5 Å². The third kappa shape index (κ3) is 2.62. The molecule has 2 rings (SSSR count). The minimum Gasteiger partial charge on any atom is -0.379 e. The second-order valence-electron chi connectivity index (χ2n) is 4.00. The smallest absolute Gasteiger partial charge is 0.233 e. The van der Waals surface area contributed by atoms with Crippen LogP contribution in [0.15, 0.2) is 6.33 Å². The van der Waals surface area contributed by atoms with Crippen molar-refractivity contribution in [2.24, 2.45) is 13.0 Å². The van der Waals surface area contributed by atoms with Crippen molar-refractivity contribution in [1.29, 1.82) is 0 Å². The van der Waals surface area contributed by atoms with E-state index in [9.17, 15) is 4.79 Å². The highest BCUT2D eigenvalue weighted by Crippen LogP contribution is 2.15. The highest BCUT2D eigenvalue weighted by molar-refractivity contribution is 5.91. The minimum atomic E-state index is -0.174. The number of nitrogens with one attached hydrogen (secondary N) is 2. The molecule has 1 amide bonds. The fraction of sp³-hybridized carbons (Fsp3) is 0.700. The summed E-state index contributed by atoms with van der Waals surface area (Å²) in [6.45, 7) is 3.85. The molecule has 7 nitrogen and oxygen atoms in total. The molecule has 0 saturated carbocycles. The molecule has 1 aromatic heterocycles. The maximum atomic E-state index is 12.0. The number of carbonyl (C=O) groups excluding carboxylic acids is 1. The quantitative estimate of drug-likeness (QED) is 0.731. The zero-order valence-electron chi connectivity index (χ0n) is 10.0. The molecule has 2 unspecified atom stereocenters. The van der Waals surface area contributed by atoms with E-state index in [0.717, 1.165) is 6.54 Å². The molecular weight excluding hydrogens is 222 g/mol. The van der Waals surface area contributed by atoms with Crippen molar-refractivity contribution >= 4 is 11.9 Å². The van der Waals surface area contributed by atoms with Crippen LogP contribution in [-0.2, 0) is 16.6 Å². The van der Waals surface area contributed by atoms with E-state index >= 15 is 0 Å². The first-order valence-corrected chi connectivity index (χ1v) is 5.68. The van der Waals surface area contributed by atoms with Crippen LogP contribution in [0.25, 0.3) is 0 Å². The Hall–Kier alpha value is -1.47. The number of likely N-dealkylation sites (N-methyl/N-ethyl adjacent to an activating group) is 1. The standard InChI is InChI=1S/C10H17N5O2/c1-3-11-8-5-17-4-7(8)9(16)14-10-12-6-13-15(10)2/h6-8,11H,3-5H2,1-2H3,(H,12,13,14,16). The summed E-state index contributed by atoms with van der Waals surface area (Å²) in [7, 11) is 1.73. The van der Waals surface area contributed by atoms with Gasteiger partial charge in [-0.25, -0.2) is 4.68 Å².